The SMILES string of the molecule is COc1ccc2c(Br)nc(-c3cccs3)n2c1. The maximum absolute atomic E-state index is 5.24. The molecule has 3 aromatic rings. The summed E-state index contributed by atoms with van der Waals surface area (Å²) >= 11 is 5.15. The second kappa shape index (κ2) is 4.16. The summed E-state index contributed by atoms with van der Waals surface area (Å²) in [6.45, 7) is 0. The molecule has 0 unspecified atom stereocenters. The van der Waals surface area contributed by atoms with Gasteiger partial charge in [0.2, 0.25) is 0 Å². The van der Waals surface area contributed by atoms with Crippen molar-refractivity contribution in [1.29, 1.82) is 0 Å². The molecule has 0 atom stereocenters. The third-order valence-electron chi connectivity index (χ3n) is 2.54. The smallest absolute Gasteiger partial charge is 0.156 e. The molecule has 3 nitrogen and oxygen atoms in total. The number of ether oxygens (including phenoxy) is 1. The van der Waals surface area contributed by atoms with E-state index < -0.39 is 0 Å². The zero-order valence-electron chi connectivity index (χ0n) is 9.05. The van der Waals surface area contributed by atoms with E-state index in [2.05, 4.69) is 27.0 Å². The molecular weight excluding hydrogens is 300 g/mol. The van der Waals surface area contributed by atoms with Gasteiger partial charge in [0.05, 0.1) is 23.7 Å². The van der Waals surface area contributed by atoms with Crippen LogP contribution in [0.2, 0.25) is 0 Å². The highest BCUT2D eigenvalue weighted by Gasteiger charge is 2.12. The lowest BCUT2D eigenvalue weighted by molar-refractivity contribution is 0.412. The van der Waals surface area contributed by atoms with Crippen LogP contribution in [-0.2, 0) is 0 Å². The number of rotatable bonds is 2. The van der Waals surface area contributed by atoms with Gasteiger partial charge in [0, 0.05) is 0 Å². The molecule has 0 aliphatic rings. The lowest BCUT2D eigenvalue weighted by atomic mass is 10.4. The van der Waals surface area contributed by atoms with Gasteiger partial charge >= 0.3 is 0 Å². The molecule has 0 aromatic carbocycles. The van der Waals surface area contributed by atoms with Gasteiger partial charge in [0.25, 0.3) is 0 Å². The fourth-order valence-electron chi connectivity index (χ4n) is 1.73. The van der Waals surface area contributed by atoms with Crippen LogP contribution < -0.4 is 4.74 Å². The average molecular weight is 309 g/mol. The molecule has 0 spiro atoms. The molecule has 0 radical (unpaired) electrons. The van der Waals surface area contributed by atoms with Crippen molar-refractivity contribution in [3.05, 3.63) is 40.4 Å². The fourth-order valence-corrected chi connectivity index (χ4v) is 2.93. The van der Waals surface area contributed by atoms with E-state index in [1.807, 2.05) is 34.2 Å². The average Bonchev–Trinajstić information content (AvgIpc) is 2.97. The molecule has 3 rings (SSSR count). The van der Waals surface area contributed by atoms with Crippen molar-refractivity contribution >= 4 is 32.8 Å². The Kier molecular flexibility index (Phi) is 2.64. The van der Waals surface area contributed by atoms with Gasteiger partial charge in [-0.25, -0.2) is 4.98 Å². The van der Waals surface area contributed by atoms with Gasteiger partial charge in [0.15, 0.2) is 5.82 Å². The van der Waals surface area contributed by atoms with Crippen molar-refractivity contribution in [2.24, 2.45) is 0 Å². The summed E-state index contributed by atoms with van der Waals surface area (Å²) < 4.78 is 8.13. The van der Waals surface area contributed by atoms with Gasteiger partial charge in [-0.3, -0.25) is 4.40 Å². The van der Waals surface area contributed by atoms with Crippen LogP contribution in [0.3, 0.4) is 0 Å². The number of pyridine rings is 1. The molecule has 0 saturated carbocycles. The Balaban J connectivity index is 2.31. The molecule has 0 amide bonds. The topological polar surface area (TPSA) is 26.5 Å². The van der Waals surface area contributed by atoms with E-state index in [9.17, 15) is 0 Å². The number of thiophene rings is 1. The zero-order valence-corrected chi connectivity index (χ0v) is 11.5. The number of imidazole rings is 1. The Hall–Kier alpha value is -1.33. The van der Waals surface area contributed by atoms with Crippen LogP contribution in [0.25, 0.3) is 16.2 Å². The maximum atomic E-state index is 5.24. The minimum atomic E-state index is 0.820. The van der Waals surface area contributed by atoms with Crippen LogP contribution in [-0.4, -0.2) is 16.5 Å². The Morgan fingerprint density at radius 2 is 2.24 bits per heavy atom. The molecule has 0 aliphatic heterocycles. The van der Waals surface area contributed by atoms with E-state index in [4.69, 9.17) is 4.74 Å². The molecule has 0 saturated heterocycles. The van der Waals surface area contributed by atoms with Crippen molar-refractivity contribution in [3.63, 3.8) is 0 Å². The largest absolute Gasteiger partial charge is 0.495 e. The Morgan fingerprint density at radius 1 is 1.35 bits per heavy atom. The molecular formula is C12H9BrN2OS. The standard InChI is InChI=1S/C12H9BrN2OS/c1-16-8-4-5-9-11(13)14-12(15(9)7-8)10-3-2-6-17-10/h2-7H,1H3. The number of aromatic nitrogens is 2. The number of halogens is 1. The minimum absolute atomic E-state index is 0.820. The number of hydrogen-bond donors (Lipinski definition) is 0. The summed E-state index contributed by atoms with van der Waals surface area (Å²) in [4.78, 5) is 5.68. The van der Waals surface area contributed by atoms with Gasteiger partial charge in [-0.1, -0.05) is 6.07 Å². The first-order valence-corrected chi connectivity index (χ1v) is 6.72. The van der Waals surface area contributed by atoms with Crippen LogP contribution in [0.15, 0.2) is 40.4 Å². The molecule has 3 heterocycles. The second-order valence-electron chi connectivity index (χ2n) is 3.53. The maximum Gasteiger partial charge on any atom is 0.156 e. The molecule has 0 bridgehead atoms. The van der Waals surface area contributed by atoms with Gasteiger partial charge in [0.1, 0.15) is 10.4 Å². The van der Waals surface area contributed by atoms with Crippen LogP contribution in [0, 0.1) is 0 Å². The van der Waals surface area contributed by atoms with E-state index in [-0.39, 0.29) is 0 Å². The lowest BCUT2D eigenvalue weighted by Crippen LogP contribution is -1.90. The summed E-state index contributed by atoms with van der Waals surface area (Å²) in [6.07, 6.45) is 1.95. The van der Waals surface area contributed by atoms with Crippen LogP contribution in [0.5, 0.6) is 5.75 Å². The number of fused-ring (bicyclic) bond motifs is 1. The third-order valence-corrected chi connectivity index (χ3v) is 3.99. The number of methoxy groups -OCH3 is 1. The highest BCUT2D eigenvalue weighted by Crippen LogP contribution is 2.30. The lowest BCUT2D eigenvalue weighted by Gasteiger charge is -2.02. The normalized spacial score (nSPS) is 10.9. The quantitative estimate of drug-likeness (QED) is 0.719. The van der Waals surface area contributed by atoms with Gasteiger partial charge < -0.3 is 4.74 Å². The van der Waals surface area contributed by atoms with Crippen LogP contribution in [0.1, 0.15) is 0 Å². The highest BCUT2D eigenvalue weighted by molar-refractivity contribution is 9.10. The van der Waals surface area contributed by atoms with E-state index in [1.54, 1.807) is 18.4 Å². The van der Waals surface area contributed by atoms with Crippen molar-refractivity contribution in [3.8, 4) is 16.5 Å². The Morgan fingerprint density at radius 3 is 2.94 bits per heavy atom. The van der Waals surface area contributed by atoms with E-state index in [1.165, 1.54) is 0 Å². The summed E-state index contributed by atoms with van der Waals surface area (Å²) in [5.41, 5.74) is 1.04. The summed E-state index contributed by atoms with van der Waals surface area (Å²) in [6, 6.07) is 8.01. The minimum Gasteiger partial charge on any atom is -0.495 e. The number of nitrogens with zero attached hydrogens (tertiary/aromatic N) is 2. The first-order chi connectivity index (χ1) is 8.29. The van der Waals surface area contributed by atoms with Gasteiger partial charge in [-0.2, -0.15) is 0 Å². The van der Waals surface area contributed by atoms with Gasteiger partial charge in [-0.15, -0.1) is 11.3 Å². The molecule has 3 aromatic heterocycles. The summed E-state index contributed by atoms with van der Waals surface area (Å²) in [5.74, 6) is 1.75. The second-order valence-corrected chi connectivity index (χ2v) is 5.23. The Labute approximate surface area is 111 Å². The molecule has 0 N–H and O–H groups in total. The Bertz CT molecular complexity index is 661. The van der Waals surface area contributed by atoms with E-state index in [0.717, 1.165) is 26.6 Å². The molecule has 5 heteroatoms. The van der Waals surface area contributed by atoms with Gasteiger partial charge in [-0.05, 0) is 39.5 Å². The summed E-state index contributed by atoms with van der Waals surface area (Å²) in [7, 11) is 1.66. The summed E-state index contributed by atoms with van der Waals surface area (Å²) in [5, 5.41) is 2.05. The third kappa shape index (κ3) is 1.75. The van der Waals surface area contributed by atoms with E-state index in [0.29, 0.717) is 0 Å². The number of hydrogen-bond acceptors (Lipinski definition) is 3. The molecule has 17 heavy (non-hydrogen) atoms. The predicted octanol–water partition coefficient (Wildman–Crippen LogP) is 3.83. The monoisotopic (exact) mass is 308 g/mol. The van der Waals surface area contributed by atoms with Crippen molar-refractivity contribution < 1.29 is 4.74 Å². The zero-order chi connectivity index (χ0) is 11.8. The van der Waals surface area contributed by atoms with Crippen molar-refractivity contribution in [1.82, 2.24) is 9.38 Å². The van der Waals surface area contributed by atoms with E-state index >= 15 is 0 Å². The van der Waals surface area contributed by atoms with Crippen LogP contribution in [0.4, 0.5) is 0 Å². The van der Waals surface area contributed by atoms with Crippen LogP contribution >= 0.6 is 27.3 Å². The predicted molar refractivity (Wildman–Crippen MR) is 72.8 cm³/mol. The van der Waals surface area contributed by atoms with Crippen molar-refractivity contribution in [2.45, 2.75) is 0 Å². The fraction of sp³-hybridized carbons (Fsp3) is 0.0833. The molecule has 0 fully saturated rings. The first kappa shape index (κ1) is 10.8. The molecule has 0 aliphatic carbocycles. The first-order valence-electron chi connectivity index (χ1n) is 5.05. The molecule has 86 valence electrons. The highest BCUT2D eigenvalue weighted by atomic mass is 79.9. The van der Waals surface area contributed by atoms with Crippen molar-refractivity contribution in [2.75, 3.05) is 7.11 Å².